The van der Waals surface area contributed by atoms with Gasteiger partial charge in [0.2, 0.25) is 5.91 Å². The fourth-order valence-corrected chi connectivity index (χ4v) is 2.23. The number of benzene rings is 1. The highest BCUT2D eigenvalue weighted by molar-refractivity contribution is 6.33. The minimum Gasteiger partial charge on any atom is -0.465 e. The van der Waals surface area contributed by atoms with E-state index in [9.17, 15) is 9.59 Å². The molecule has 1 aliphatic heterocycles. The predicted molar refractivity (Wildman–Crippen MR) is 72.2 cm³/mol. The van der Waals surface area contributed by atoms with Crippen LogP contribution < -0.4 is 11.1 Å². The summed E-state index contributed by atoms with van der Waals surface area (Å²) in [4.78, 5) is 24.2. The molecular weight excluding hydrogens is 270 g/mol. The fourth-order valence-electron chi connectivity index (χ4n) is 2.12. The topological polar surface area (TPSA) is 95.7 Å². The summed E-state index contributed by atoms with van der Waals surface area (Å²) in [5, 5.41) is 12.1. The SMILES string of the molecule is Nc1cc(NC(=O)[C@@H]2CCCN2C(=O)O)ccc1Cl. The van der Waals surface area contributed by atoms with Crippen LogP contribution in [-0.2, 0) is 4.79 Å². The lowest BCUT2D eigenvalue weighted by atomic mass is 10.2. The molecule has 6 nitrogen and oxygen atoms in total. The number of anilines is 2. The van der Waals surface area contributed by atoms with Gasteiger partial charge in [0.15, 0.2) is 0 Å². The lowest BCUT2D eigenvalue weighted by Gasteiger charge is -2.20. The van der Waals surface area contributed by atoms with E-state index in [1.54, 1.807) is 18.2 Å². The van der Waals surface area contributed by atoms with E-state index in [0.717, 1.165) is 4.90 Å². The molecule has 0 aromatic heterocycles. The first-order valence-corrected chi connectivity index (χ1v) is 6.22. The summed E-state index contributed by atoms with van der Waals surface area (Å²) in [6.07, 6.45) is 0.141. The number of nitrogen functional groups attached to an aromatic ring is 1. The third kappa shape index (κ3) is 2.90. The number of nitrogens with one attached hydrogen (secondary N) is 1. The van der Waals surface area contributed by atoms with Crippen LogP contribution in [0.15, 0.2) is 18.2 Å². The predicted octanol–water partition coefficient (Wildman–Crippen LogP) is 2.00. The number of nitrogens with two attached hydrogens (primary N) is 1. The van der Waals surface area contributed by atoms with Gasteiger partial charge in [-0.3, -0.25) is 9.69 Å². The van der Waals surface area contributed by atoms with Crippen molar-refractivity contribution in [2.45, 2.75) is 18.9 Å². The molecule has 0 spiro atoms. The molecule has 102 valence electrons. The van der Waals surface area contributed by atoms with Gasteiger partial charge in [-0.05, 0) is 31.0 Å². The van der Waals surface area contributed by atoms with Crippen LogP contribution in [0.3, 0.4) is 0 Å². The van der Waals surface area contributed by atoms with Crippen LogP contribution in [0.4, 0.5) is 16.2 Å². The Kier molecular flexibility index (Phi) is 3.80. The number of carboxylic acid groups (broad SMARTS) is 1. The molecule has 2 rings (SSSR count). The molecular formula is C12H14ClN3O3. The van der Waals surface area contributed by atoms with E-state index < -0.39 is 12.1 Å². The van der Waals surface area contributed by atoms with Gasteiger partial charge in [0.05, 0.1) is 10.7 Å². The zero-order valence-electron chi connectivity index (χ0n) is 10.1. The molecule has 2 amide bonds. The molecule has 0 radical (unpaired) electrons. The standard InChI is InChI=1S/C12H14ClN3O3/c13-8-4-3-7(6-9(8)14)15-11(17)10-2-1-5-16(10)12(18)19/h3-4,6,10H,1-2,5,14H2,(H,15,17)(H,18,19)/t10-/m0/s1. The van der Waals surface area contributed by atoms with E-state index in [1.165, 1.54) is 0 Å². The molecule has 1 aromatic carbocycles. The molecule has 1 atom stereocenters. The third-order valence-corrected chi connectivity index (χ3v) is 3.41. The number of amides is 2. The van der Waals surface area contributed by atoms with Gasteiger partial charge in [0.25, 0.3) is 0 Å². The lowest BCUT2D eigenvalue weighted by molar-refractivity contribution is -0.119. The summed E-state index contributed by atoms with van der Waals surface area (Å²) >= 11 is 5.79. The smallest absolute Gasteiger partial charge is 0.407 e. The fraction of sp³-hybridized carbons (Fsp3) is 0.333. The average molecular weight is 284 g/mol. The lowest BCUT2D eigenvalue weighted by Crippen LogP contribution is -2.42. The van der Waals surface area contributed by atoms with E-state index in [1.807, 2.05) is 0 Å². The van der Waals surface area contributed by atoms with E-state index in [2.05, 4.69) is 5.32 Å². The summed E-state index contributed by atoms with van der Waals surface area (Å²) in [5.41, 5.74) is 6.50. The molecule has 1 aliphatic rings. The highest BCUT2D eigenvalue weighted by Gasteiger charge is 2.33. The summed E-state index contributed by atoms with van der Waals surface area (Å²) < 4.78 is 0. The number of carbonyl (C=O) groups excluding carboxylic acids is 1. The largest absolute Gasteiger partial charge is 0.465 e. The first-order valence-electron chi connectivity index (χ1n) is 5.84. The maximum atomic E-state index is 12.0. The monoisotopic (exact) mass is 283 g/mol. The second kappa shape index (κ2) is 5.36. The zero-order valence-corrected chi connectivity index (χ0v) is 10.9. The van der Waals surface area contributed by atoms with Crippen LogP contribution in [0, 0.1) is 0 Å². The van der Waals surface area contributed by atoms with Crippen LogP contribution in [0.1, 0.15) is 12.8 Å². The normalized spacial score (nSPS) is 18.4. The number of hydrogen-bond acceptors (Lipinski definition) is 3. The van der Waals surface area contributed by atoms with Crippen LogP contribution in [-0.4, -0.2) is 34.6 Å². The van der Waals surface area contributed by atoms with Gasteiger partial charge in [0, 0.05) is 12.2 Å². The molecule has 0 bridgehead atoms. The molecule has 1 aromatic rings. The van der Waals surface area contributed by atoms with Crippen molar-refractivity contribution in [3.8, 4) is 0 Å². The number of rotatable bonds is 2. The molecule has 0 aliphatic carbocycles. The maximum Gasteiger partial charge on any atom is 0.407 e. The third-order valence-electron chi connectivity index (χ3n) is 3.06. The average Bonchev–Trinajstić information content (AvgIpc) is 2.83. The number of carbonyl (C=O) groups is 2. The number of nitrogens with zero attached hydrogens (tertiary/aromatic N) is 1. The maximum absolute atomic E-state index is 12.0. The quantitative estimate of drug-likeness (QED) is 0.723. The van der Waals surface area contributed by atoms with Gasteiger partial charge in [-0.15, -0.1) is 0 Å². The Hall–Kier alpha value is -1.95. The van der Waals surface area contributed by atoms with Crippen LogP contribution in [0.5, 0.6) is 0 Å². The molecule has 4 N–H and O–H groups in total. The molecule has 7 heteroatoms. The van der Waals surface area contributed by atoms with Crippen molar-refractivity contribution < 1.29 is 14.7 Å². The van der Waals surface area contributed by atoms with Gasteiger partial charge in [-0.2, -0.15) is 0 Å². The van der Waals surface area contributed by atoms with Crippen molar-refractivity contribution in [2.75, 3.05) is 17.6 Å². The Bertz CT molecular complexity index is 521. The van der Waals surface area contributed by atoms with Crippen LogP contribution in [0.25, 0.3) is 0 Å². The van der Waals surface area contributed by atoms with E-state index in [-0.39, 0.29) is 5.91 Å². The Morgan fingerprint density at radius 3 is 2.84 bits per heavy atom. The van der Waals surface area contributed by atoms with Crippen molar-refractivity contribution in [2.24, 2.45) is 0 Å². The van der Waals surface area contributed by atoms with Gasteiger partial charge >= 0.3 is 6.09 Å². The van der Waals surface area contributed by atoms with E-state index >= 15 is 0 Å². The van der Waals surface area contributed by atoms with Crippen LogP contribution in [0.2, 0.25) is 5.02 Å². The van der Waals surface area contributed by atoms with E-state index in [4.69, 9.17) is 22.4 Å². The Labute approximate surface area is 115 Å². The first kappa shape index (κ1) is 13.5. The molecule has 0 saturated carbocycles. The minimum atomic E-state index is -1.08. The number of hydrogen-bond donors (Lipinski definition) is 3. The summed E-state index contributed by atoms with van der Waals surface area (Å²) in [6.45, 7) is 0.385. The highest BCUT2D eigenvalue weighted by atomic mass is 35.5. The summed E-state index contributed by atoms with van der Waals surface area (Å²) in [7, 11) is 0. The highest BCUT2D eigenvalue weighted by Crippen LogP contribution is 2.24. The second-order valence-corrected chi connectivity index (χ2v) is 4.77. The summed E-state index contributed by atoms with van der Waals surface area (Å²) in [5.74, 6) is -0.346. The van der Waals surface area contributed by atoms with Crippen molar-refractivity contribution >= 4 is 35.0 Å². The zero-order chi connectivity index (χ0) is 14.0. The van der Waals surface area contributed by atoms with Crippen molar-refractivity contribution in [1.29, 1.82) is 0 Å². The Morgan fingerprint density at radius 1 is 1.47 bits per heavy atom. The Morgan fingerprint density at radius 2 is 2.21 bits per heavy atom. The number of likely N-dealkylation sites (tertiary alicyclic amines) is 1. The Balaban J connectivity index is 2.08. The molecule has 1 saturated heterocycles. The molecule has 1 heterocycles. The minimum absolute atomic E-state index is 0.346. The molecule has 19 heavy (non-hydrogen) atoms. The molecule has 1 fully saturated rings. The molecule has 0 unspecified atom stereocenters. The van der Waals surface area contributed by atoms with Gasteiger partial charge < -0.3 is 16.2 Å². The van der Waals surface area contributed by atoms with Crippen LogP contribution >= 0.6 is 11.6 Å². The van der Waals surface area contributed by atoms with E-state index in [0.29, 0.717) is 35.8 Å². The van der Waals surface area contributed by atoms with Gasteiger partial charge in [-0.25, -0.2) is 4.79 Å². The van der Waals surface area contributed by atoms with Crippen molar-refractivity contribution in [1.82, 2.24) is 4.90 Å². The second-order valence-electron chi connectivity index (χ2n) is 4.36. The summed E-state index contributed by atoms with van der Waals surface area (Å²) in [6, 6.07) is 4.10. The first-order chi connectivity index (χ1) is 8.99. The van der Waals surface area contributed by atoms with Crippen molar-refractivity contribution in [3.63, 3.8) is 0 Å². The number of halogens is 1. The van der Waals surface area contributed by atoms with Gasteiger partial charge in [-0.1, -0.05) is 11.6 Å². The van der Waals surface area contributed by atoms with Crippen molar-refractivity contribution in [3.05, 3.63) is 23.2 Å². The van der Waals surface area contributed by atoms with Gasteiger partial charge in [0.1, 0.15) is 6.04 Å².